The lowest BCUT2D eigenvalue weighted by Crippen LogP contribution is -2.28. The molecule has 0 saturated carbocycles. The molecule has 1 saturated heterocycles. The highest BCUT2D eigenvalue weighted by molar-refractivity contribution is 5.78. The molecule has 1 aliphatic rings. The van der Waals surface area contributed by atoms with Crippen LogP contribution in [0.1, 0.15) is 17.0 Å². The first kappa shape index (κ1) is 10.2. The standard InChI is InChI=1S/C12H16N2O/c1-8-2-4-9(5-3-8)10-6-14-7-11(10)12(13)15/h2-5,10-11,14H,6-7H2,1H3,(H2,13,15). The van der Waals surface area contributed by atoms with Crippen molar-refractivity contribution in [1.82, 2.24) is 5.32 Å². The Morgan fingerprint density at radius 1 is 1.33 bits per heavy atom. The van der Waals surface area contributed by atoms with Crippen LogP contribution < -0.4 is 11.1 Å². The van der Waals surface area contributed by atoms with E-state index < -0.39 is 0 Å². The zero-order valence-electron chi connectivity index (χ0n) is 8.86. The van der Waals surface area contributed by atoms with Gasteiger partial charge in [0.2, 0.25) is 5.91 Å². The summed E-state index contributed by atoms with van der Waals surface area (Å²) in [5.41, 5.74) is 7.82. The number of aryl methyl sites for hydroxylation is 1. The molecule has 80 valence electrons. The Balaban J connectivity index is 2.22. The summed E-state index contributed by atoms with van der Waals surface area (Å²) < 4.78 is 0. The van der Waals surface area contributed by atoms with Gasteiger partial charge < -0.3 is 11.1 Å². The fourth-order valence-corrected chi connectivity index (χ4v) is 2.14. The number of primary amides is 1. The minimum atomic E-state index is -0.203. The van der Waals surface area contributed by atoms with E-state index in [2.05, 4.69) is 36.5 Å². The smallest absolute Gasteiger partial charge is 0.222 e. The summed E-state index contributed by atoms with van der Waals surface area (Å²) in [7, 11) is 0. The molecular formula is C12H16N2O. The molecular weight excluding hydrogens is 188 g/mol. The number of amides is 1. The van der Waals surface area contributed by atoms with Gasteiger partial charge in [-0.25, -0.2) is 0 Å². The Kier molecular flexibility index (Phi) is 2.73. The van der Waals surface area contributed by atoms with Gasteiger partial charge in [-0.3, -0.25) is 4.79 Å². The molecule has 0 aliphatic carbocycles. The molecule has 0 radical (unpaired) electrons. The molecule has 1 amide bonds. The van der Waals surface area contributed by atoms with Gasteiger partial charge >= 0.3 is 0 Å². The van der Waals surface area contributed by atoms with Gasteiger partial charge in [-0.05, 0) is 12.5 Å². The summed E-state index contributed by atoms with van der Waals surface area (Å²) in [5, 5.41) is 3.22. The second kappa shape index (κ2) is 4.03. The van der Waals surface area contributed by atoms with Crippen molar-refractivity contribution < 1.29 is 4.79 Å². The first-order chi connectivity index (χ1) is 7.18. The molecule has 1 aromatic rings. The summed E-state index contributed by atoms with van der Waals surface area (Å²) in [4.78, 5) is 11.2. The number of nitrogens with two attached hydrogens (primary N) is 1. The fraction of sp³-hybridized carbons (Fsp3) is 0.417. The average Bonchev–Trinajstić information content (AvgIpc) is 2.67. The number of hydrogen-bond acceptors (Lipinski definition) is 2. The van der Waals surface area contributed by atoms with E-state index in [1.165, 1.54) is 11.1 Å². The molecule has 15 heavy (non-hydrogen) atoms. The van der Waals surface area contributed by atoms with Crippen molar-refractivity contribution in [3.63, 3.8) is 0 Å². The van der Waals surface area contributed by atoms with E-state index in [0.29, 0.717) is 6.54 Å². The van der Waals surface area contributed by atoms with Gasteiger partial charge in [0.15, 0.2) is 0 Å². The van der Waals surface area contributed by atoms with Crippen LogP contribution in [0.15, 0.2) is 24.3 Å². The Bertz CT molecular complexity index is 358. The van der Waals surface area contributed by atoms with Gasteiger partial charge in [0.25, 0.3) is 0 Å². The molecule has 3 heteroatoms. The molecule has 0 spiro atoms. The van der Waals surface area contributed by atoms with Crippen LogP contribution in [0.3, 0.4) is 0 Å². The maximum atomic E-state index is 11.2. The molecule has 2 unspecified atom stereocenters. The van der Waals surface area contributed by atoms with E-state index in [-0.39, 0.29) is 17.7 Å². The van der Waals surface area contributed by atoms with E-state index in [4.69, 9.17) is 5.73 Å². The third-order valence-electron chi connectivity index (χ3n) is 3.09. The summed E-state index contributed by atoms with van der Waals surface area (Å²) >= 11 is 0. The number of nitrogens with one attached hydrogen (secondary N) is 1. The van der Waals surface area contributed by atoms with Gasteiger partial charge in [0.05, 0.1) is 5.92 Å². The van der Waals surface area contributed by atoms with Gasteiger partial charge in [-0.2, -0.15) is 0 Å². The van der Waals surface area contributed by atoms with Crippen molar-refractivity contribution in [3.05, 3.63) is 35.4 Å². The maximum absolute atomic E-state index is 11.2. The summed E-state index contributed by atoms with van der Waals surface area (Å²) in [6.07, 6.45) is 0. The average molecular weight is 204 g/mol. The van der Waals surface area contributed by atoms with Crippen LogP contribution in [-0.2, 0) is 4.79 Å². The van der Waals surface area contributed by atoms with E-state index in [1.807, 2.05) is 0 Å². The van der Waals surface area contributed by atoms with Crippen LogP contribution in [0.5, 0.6) is 0 Å². The van der Waals surface area contributed by atoms with Crippen molar-refractivity contribution in [1.29, 1.82) is 0 Å². The first-order valence-corrected chi connectivity index (χ1v) is 5.25. The predicted molar refractivity (Wildman–Crippen MR) is 59.5 cm³/mol. The van der Waals surface area contributed by atoms with Crippen LogP contribution in [0.25, 0.3) is 0 Å². The molecule has 3 nitrogen and oxygen atoms in total. The molecule has 1 aliphatic heterocycles. The molecule has 0 bridgehead atoms. The number of carbonyl (C=O) groups excluding carboxylic acids is 1. The van der Waals surface area contributed by atoms with E-state index >= 15 is 0 Å². The second-order valence-electron chi connectivity index (χ2n) is 4.18. The normalized spacial score (nSPS) is 25.4. The van der Waals surface area contributed by atoms with Crippen molar-refractivity contribution in [2.75, 3.05) is 13.1 Å². The molecule has 1 aromatic carbocycles. The lowest BCUT2D eigenvalue weighted by atomic mass is 9.88. The topological polar surface area (TPSA) is 55.1 Å². The third-order valence-corrected chi connectivity index (χ3v) is 3.09. The highest BCUT2D eigenvalue weighted by Gasteiger charge is 2.32. The number of hydrogen-bond donors (Lipinski definition) is 2. The van der Waals surface area contributed by atoms with Crippen LogP contribution in [0.4, 0.5) is 0 Å². The van der Waals surface area contributed by atoms with Crippen molar-refractivity contribution >= 4 is 5.91 Å². The molecule has 2 atom stereocenters. The highest BCUT2D eigenvalue weighted by atomic mass is 16.1. The van der Waals surface area contributed by atoms with Gasteiger partial charge in [-0.1, -0.05) is 29.8 Å². The van der Waals surface area contributed by atoms with Crippen molar-refractivity contribution in [3.8, 4) is 0 Å². The molecule has 2 rings (SSSR count). The summed E-state index contributed by atoms with van der Waals surface area (Å²) in [6.45, 7) is 3.60. The molecule has 1 heterocycles. The van der Waals surface area contributed by atoms with Crippen LogP contribution in [0, 0.1) is 12.8 Å². The van der Waals surface area contributed by atoms with E-state index in [9.17, 15) is 4.79 Å². The van der Waals surface area contributed by atoms with Crippen molar-refractivity contribution in [2.24, 2.45) is 11.7 Å². The minimum absolute atomic E-state index is 0.0623. The van der Waals surface area contributed by atoms with Crippen LogP contribution in [-0.4, -0.2) is 19.0 Å². The van der Waals surface area contributed by atoms with E-state index in [0.717, 1.165) is 6.54 Å². The van der Waals surface area contributed by atoms with Gasteiger partial charge in [-0.15, -0.1) is 0 Å². The summed E-state index contributed by atoms with van der Waals surface area (Å²) in [6, 6.07) is 8.32. The fourth-order valence-electron chi connectivity index (χ4n) is 2.14. The minimum Gasteiger partial charge on any atom is -0.369 e. The Hall–Kier alpha value is -1.35. The number of benzene rings is 1. The summed E-state index contributed by atoms with van der Waals surface area (Å²) in [5.74, 6) is -0.0265. The van der Waals surface area contributed by atoms with E-state index in [1.54, 1.807) is 0 Å². The molecule has 0 aromatic heterocycles. The number of rotatable bonds is 2. The lowest BCUT2D eigenvalue weighted by molar-refractivity contribution is -0.121. The quantitative estimate of drug-likeness (QED) is 0.748. The second-order valence-corrected chi connectivity index (χ2v) is 4.18. The lowest BCUT2D eigenvalue weighted by Gasteiger charge is -2.15. The zero-order valence-corrected chi connectivity index (χ0v) is 8.86. The Morgan fingerprint density at radius 3 is 2.60 bits per heavy atom. The van der Waals surface area contributed by atoms with Crippen LogP contribution in [0.2, 0.25) is 0 Å². The third kappa shape index (κ3) is 2.02. The van der Waals surface area contributed by atoms with Crippen LogP contribution >= 0.6 is 0 Å². The predicted octanol–water partition coefficient (Wildman–Crippen LogP) is 0.783. The maximum Gasteiger partial charge on any atom is 0.222 e. The van der Waals surface area contributed by atoms with Crippen molar-refractivity contribution in [2.45, 2.75) is 12.8 Å². The Morgan fingerprint density at radius 2 is 2.00 bits per heavy atom. The largest absolute Gasteiger partial charge is 0.369 e. The molecule has 1 fully saturated rings. The zero-order chi connectivity index (χ0) is 10.8. The number of carbonyl (C=O) groups is 1. The molecule has 3 N–H and O–H groups in total. The SMILES string of the molecule is Cc1ccc(C2CNCC2C(N)=O)cc1. The van der Waals surface area contributed by atoms with Gasteiger partial charge in [0, 0.05) is 19.0 Å². The highest BCUT2D eigenvalue weighted by Crippen LogP contribution is 2.27. The Labute approximate surface area is 89.7 Å². The first-order valence-electron chi connectivity index (χ1n) is 5.25. The van der Waals surface area contributed by atoms with Gasteiger partial charge in [0.1, 0.15) is 0 Å². The monoisotopic (exact) mass is 204 g/mol.